The van der Waals surface area contributed by atoms with E-state index in [2.05, 4.69) is 5.32 Å². The Bertz CT molecular complexity index is 1590. The third-order valence-electron chi connectivity index (χ3n) is 7.14. The van der Waals surface area contributed by atoms with E-state index in [1.54, 1.807) is 65.6 Å². The lowest BCUT2D eigenvalue weighted by Gasteiger charge is -2.39. The van der Waals surface area contributed by atoms with Crippen molar-refractivity contribution in [2.45, 2.75) is 28.7 Å². The van der Waals surface area contributed by atoms with Gasteiger partial charge in [-0.15, -0.1) is 0 Å². The van der Waals surface area contributed by atoms with Crippen molar-refractivity contribution >= 4 is 37.5 Å². The highest BCUT2D eigenvalue weighted by Gasteiger charge is 2.43. The number of rotatable bonds is 7. The van der Waals surface area contributed by atoms with Crippen LogP contribution in [0.3, 0.4) is 0 Å². The van der Waals surface area contributed by atoms with Gasteiger partial charge in [0.15, 0.2) is 0 Å². The summed E-state index contributed by atoms with van der Waals surface area (Å²) in [5, 5.41) is 2.74. The number of carbonyl (C=O) groups is 2. The SMILES string of the molecule is O=C(Nc1ccccc1C(=O)N1CCCC1)C1CN(S(=O)(=O)c2ccccc2)CCN1S(=O)(=O)c1ccccc1. The number of nitrogens with one attached hydrogen (secondary N) is 1. The molecule has 2 fully saturated rings. The van der Waals surface area contributed by atoms with Gasteiger partial charge in [-0.05, 0) is 49.2 Å². The summed E-state index contributed by atoms with van der Waals surface area (Å²) < 4.78 is 56.3. The second-order valence-corrected chi connectivity index (χ2v) is 13.5. The summed E-state index contributed by atoms with van der Waals surface area (Å²) in [6.07, 6.45) is 1.81. The summed E-state index contributed by atoms with van der Waals surface area (Å²) in [6.45, 7) is 0.502. The molecule has 0 spiro atoms. The minimum absolute atomic E-state index is 0.00298. The number of para-hydroxylation sites is 1. The summed E-state index contributed by atoms with van der Waals surface area (Å²) >= 11 is 0. The lowest BCUT2D eigenvalue weighted by atomic mass is 10.1. The zero-order valence-electron chi connectivity index (χ0n) is 21.7. The minimum atomic E-state index is -4.15. The van der Waals surface area contributed by atoms with Crippen LogP contribution in [0.5, 0.6) is 0 Å². The van der Waals surface area contributed by atoms with Crippen molar-refractivity contribution in [3.63, 3.8) is 0 Å². The van der Waals surface area contributed by atoms with Crippen molar-refractivity contribution in [1.82, 2.24) is 13.5 Å². The summed E-state index contributed by atoms with van der Waals surface area (Å²) in [4.78, 5) is 28.7. The molecule has 0 aromatic heterocycles. The minimum Gasteiger partial charge on any atom is -0.339 e. The van der Waals surface area contributed by atoms with Crippen molar-refractivity contribution in [3.8, 4) is 0 Å². The molecule has 0 radical (unpaired) electrons. The average Bonchev–Trinajstić information content (AvgIpc) is 3.53. The van der Waals surface area contributed by atoms with Gasteiger partial charge < -0.3 is 10.2 Å². The van der Waals surface area contributed by atoms with Crippen LogP contribution in [0.2, 0.25) is 0 Å². The van der Waals surface area contributed by atoms with Crippen LogP contribution in [-0.4, -0.2) is 80.9 Å². The van der Waals surface area contributed by atoms with Crippen LogP contribution < -0.4 is 5.32 Å². The van der Waals surface area contributed by atoms with Gasteiger partial charge in [-0.25, -0.2) is 16.8 Å². The molecule has 12 heteroatoms. The Kier molecular flexibility index (Phi) is 8.04. The van der Waals surface area contributed by atoms with E-state index in [4.69, 9.17) is 0 Å². The van der Waals surface area contributed by atoms with Crippen molar-refractivity contribution in [2.24, 2.45) is 0 Å². The average molecular weight is 583 g/mol. The predicted octanol–water partition coefficient (Wildman–Crippen LogP) is 2.63. The van der Waals surface area contributed by atoms with Gasteiger partial charge in [0.2, 0.25) is 26.0 Å². The Morgan fingerprint density at radius 3 is 1.85 bits per heavy atom. The van der Waals surface area contributed by atoms with Crippen LogP contribution in [0.1, 0.15) is 23.2 Å². The Labute approximate surface area is 234 Å². The fraction of sp³-hybridized carbons (Fsp3) is 0.286. The maximum Gasteiger partial charge on any atom is 0.255 e. The van der Waals surface area contributed by atoms with Crippen molar-refractivity contribution in [1.29, 1.82) is 0 Å². The van der Waals surface area contributed by atoms with Gasteiger partial charge in [0, 0.05) is 32.7 Å². The molecule has 1 N–H and O–H groups in total. The zero-order valence-corrected chi connectivity index (χ0v) is 23.4. The van der Waals surface area contributed by atoms with Crippen molar-refractivity contribution < 1.29 is 26.4 Å². The first-order valence-electron chi connectivity index (χ1n) is 13.0. The first kappa shape index (κ1) is 28.0. The highest BCUT2D eigenvalue weighted by molar-refractivity contribution is 7.89. The van der Waals surface area contributed by atoms with Crippen molar-refractivity contribution in [2.75, 3.05) is 38.0 Å². The molecule has 40 heavy (non-hydrogen) atoms. The molecular formula is C28H30N4O6S2. The van der Waals surface area contributed by atoms with Crippen LogP contribution in [0, 0.1) is 0 Å². The van der Waals surface area contributed by atoms with Crippen LogP contribution in [0.25, 0.3) is 0 Å². The lowest BCUT2D eigenvalue weighted by Crippen LogP contribution is -2.60. The zero-order chi connectivity index (χ0) is 28.3. The Hall–Kier alpha value is -3.58. The van der Waals surface area contributed by atoms with E-state index in [0.717, 1.165) is 21.5 Å². The number of benzene rings is 3. The second-order valence-electron chi connectivity index (χ2n) is 9.65. The lowest BCUT2D eigenvalue weighted by molar-refractivity contribution is -0.120. The molecule has 0 bridgehead atoms. The molecule has 5 rings (SSSR count). The normalized spacial score (nSPS) is 18.9. The van der Waals surface area contributed by atoms with Gasteiger partial charge in [-0.3, -0.25) is 9.59 Å². The number of piperazine rings is 1. The molecule has 0 saturated carbocycles. The highest BCUT2D eigenvalue weighted by atomic mass is 32.2. The molecule has 1 atom stereocenters. The number of anilines is 1. The molecule has 2 aliphatic rings. The smallest absolute Gasteiger partial charge is 0.255 e. The summed E-state index contributed by atoms with van der Waals surface area (Å²) in [5.74, 6) is -0.951. The molecule has 2 saturated heterocycles. The third-order valence-corrected chi connectivity index (χ3v) is 10.9. The molecule has 3 aromatic carbocycles. The fourth-order valence-electron chi connectivity index (χ4n) is 5.02. The van der Waals surface area contributed by atoms with Crippen LogP contribution in [-0.2, 0) is 24.8 Å². The number of hydrogen-bond acceptors (Lipinski definition) is 6. The molecule has 2 heterocycles. The quantitative estimate of drug-likeness (QED) is 0.457. The standard InChI is InChI=1S/C28H30N4O6S2/c33-27(29-25-16-8-7-15-24(25)28(34)30-17-9-10-18-30)26-21-31(39(35,36)22-11-3-1-4-12-22)19-20-32(26)40(37,38)23-13-5-2-6-14-23/h1-8,11-16,26H,9-10,17-21H2,(H,29,33). The monoisotopic (exact) mass is 582 g/mol. The van der Waals surface area contributed by atoms with Gasteiger partial charge in [0.1, 0.15) is 6.04 Å². The van der Waals surface area contributed by atoms with E-state index in [0.29, 0.717) is 18.7 Å². The molecule has 2 aliphatic heterocycles. The molecule has 1 unspecified atom stereocenters. The number of nitrogens with zero attached hydrogens (tertiary/aromatic N) is 3. The van der Waals surface area contributed by atoms with Gasteiger partial charge in [-0.2, -0.15) is 8.61 Å². The topological polar surface area (TPSA) is 124 Å². The molecule has 10 nitrogen and oxygen atoms in total. The first-order chi connectivity index (χ1) is 19.2. The number of sulfonamides is 2. The number of carbonyl (C=O) groups excluding carboxylic acids is 2. The second kappa shape index (κ2) is 11.5. The summed E-state index contributed by atoms with van der Waals surface area (Å²) in [6, 6.07) is 20.7. The molecule has 2 amide bonds. The molecule has 0 aliphatic carbocycles. The Morgan fingerprint density at radius 1 is 0.675 bits per heavy atom. The van der Waals surface area contributed by atoms with Gasteiger partial charge in [0.05, 0.1) is 21.0 Å². The Balaban J connectivity index is 1.48. The fourth-order valence-corrected chi connectivity index (χ4v) is 8.07. The van der Waals surface area contributed by atoms with Crippen molar-refractivity contribution in [3.05, 3.63) is 90.5 Å². The molecule has 3 aromatic rings. The van der Waals surface area contributed by atoms with E-state index < -0.39 is 38.5 Å². The Morgan fingerprint density at radius 2 is 1.23 bits per heavy atom. The van der Waals surface area contributed by atoms with E-state index in [1.165, 1.54) is 24.3 Å². The maximum absolute atomic E-state index is 13.8. The van der Waals surface area contributed by atoms with E-state index in [1.807, 2.05) is 0 Å². The van der Waals surface area contributed by atoms with E-state index in [-0.39, 0.29) is 34.5 Å². The van der Waals surface area contributed by atoms with Crippen LogP contribution >= 0.6 is 0 Å². The molecular weight excluding hydrogens is 552 g/mol. The van der Waals surface area contributed by atoms with Gasteiger partial charge in [0.25, 0.3) is 5.91 Å². The van der Waals surface area contributed by atoms with Crippen LogP contribution in [0.15, 0.2) is 94.7 Å². The van der Waals surface area contributed by atoms with E-state index in [9.17, 15) is 26.4 Å². The summed E-state index contributed by atoms with van der Waals surface area (Å²) in [7, 11) is -8.14. The van der Waals surface area contributed by atoms with Crippen LogP contribution in [0.4, 0.5) is 5.69 Å². The summed E-state index contributed by atoms with van der Waals surface area (Å²) in [5.41, 5.74) is 0.532. The largest absolute Gasteiger partial charge is 0.339 e. The predicted molar refractivity (Wildman–Crippen MR) is 150 cm³/mol. The molecule has 210 valence electrons. The maximum atomic E-state index is 13.8. The third kappa shape index (κ3) is 5.52. The number of likely N-dealkylation sites (tertiary alicyclic amines) is 1. The number of hydrogen-bond donors (Lipinski definition) is 1. The van der Waals surface area contributed by atoms with E-state index >= 15 is 0 Å². The first-order valence-corrected chi connectivity index (χ1v) is 15.9. The number of amides is 2. The van der Waals surface area contributed by atoms with Gasteiger partial charge >= 0.3 is 0 Å². The highest BCUT2D eigenvalue weighted by Crippen LogP contribution is 2.27. The van der Waals surface area contributed by atoms with Gasteiger partial charge in [-0.1, -0.05) is 48.5 Å².